The second kappa shape index (κ2) is 6.14. The van der Waals surface area contributed by atoms with Crippen LogP contribution in [0.5, 0.6) is 5.75 Å². The molecule has 0 saturated carbocycles. The first-order valence-corrected chi connectivity index (χ1v) is 7.03. The summed E-state index contributed by atoms with van der Waals surface area (Å²) in [7, 11) is 1.59. The molecule has 0 heterocycles. The maximum atomic E-state index is 10.4. The monoisotopic (exact) mass is 360 g/mol. The molecular formula is C14H11BrCl2O2. The SMILES string of the molecule is COc1ccc(C(O)c2cc(Cl)cc(Cl)c2)c(Br)c1. The van der Waals surface area contributed by atoms with Crippen molar-refractivity contribution in [1.29, 1.82) is 0 Å². The molecule has 0 saturated heterocycles. The third-order valence-corrected chi connectivity index (χ3v) is 3.83. The number of benzene rings is 2. The number of halogens is 3. The van der Waals surface area contributed by atoms with Crippen molar-refractivity contribution in [2.24, 2.45) is 0 Å². The smallest absolute Gasteiger partial charge is 0.120 e. The number of aliphatic hydroxyl groups excluding tert-OH is 1. The highest BCUT2D eigenvalue weighted by atomic mass is 79.9. The highest BCUT2D eigenvalue weighted by Crippen LogP contribution is 2.33. The van der Waals surface area contributed by atoms with Gasteiger partial charge in [-0.15, -0.1) is 0 Å². The molecule has 19 heavy (non-hydrogen) atoms. The van der Waals surface area contributed by atoms with Gasteiger partial charge in [0.25, 0.3) is 0 Å². The van der Waals surface area contributed by atoms with Crippen molar-refractivity contribution in [3.05, 3.63) is 62.0 Å². The molecule has 2 aromatic rings. The minimum absolute atomic E-state index is 0.492. The minimum atomic E-state index is -0.809. The van der Waals surface area contributed by atoms with Crippen LogP contribution < -0.4 is 4.74 Å². The van der Waals surface area contributed by atoms with E-state index in [1.807, 2.05) is 0 Å². The van der Waals surface area contributed by atoms with Gasteiger partial charge in [0.05, 0.1) is 7.11 Å². The molecule has 100 valence electrons. The van der Waals surface area contributed by atoms with Crippen LogP contribution in [-0.2, 0) is 0 Å². The van der Waals surface area contributed by atoms with Gasteiger partial charge in [-0.05, 0) is 41.5 Å². The van der Waals surface area contributed by atoms with Crippen molar-refractivity contribution < 1.29 is 9.84 Å². The Bertz CT molecular complexity index is 582. The number of aliphatic hydroxyl groups is 1. The number of hydrogen-bond donors (Lipinski definition) is 1. The van der Waals surface area contributed by atoms with Crippen LogP contribution in [0.15, 0.2) is 40.9 Å². The summed E-state index contributed by atoms with van der Waals surface area (Å²) < 4.78 is 5.88. The quantitative estimate of drug-likeness (QED) is 0.846. The van der Waals surface area contributed by atoms with Crippen molar-refractivity contribution in [1.82, 2.24) is 0 Å². The third kappa shape index (κ3) is 3.42. The second-order valence-corrected chi connectivity index (χ2v) is 5.72. The number of ether oxygens (including phenoxy) is 1. The Morgan fingerprint density at radius 2 is 1.74 bits per heavy atom. The molecule has 1 atom stereocenters. The number of rotatable bonds is 3. The number of hydrogen-bond acceptors (Lipinski definition) is 2. The molecule has 2 aromatic carbocycles. The van der Waals surface area contributed by atoms with Crippen LogP contribution >= 0.6 is 39.1 Å². The van der Waals surface area contributed by atoms with E-state index in [2.05, 4.69) is 15.9 Å². The summed E-state index contributed by atoms with van der Waals surface area (Å²) in [5.41, 5.74) is 1.36. The Morgan fingerprint density at radius 3 is 2.26 bits per heavy atom. The van der Waals surface area contributed by atoms with Crippen LogP contribution in [0.25, 0.3) is 0 Å². The zero-order valence-corrected chi connectivity index (χ0v) is 13.1. The fourth-order valence-corrected chi connectivity index (χ4v) is 2.89. The van der Waals surface area contributed by atoms with E-state index < -0.39 is 6.10 Å². The lowest BCUT2D eigenvalue weighted by atomic mass is 10.0. The molecular weight excluding hydrogens is 351 g/mol. The molecule has 0 radical (unpaired) electrons. The maximum Gasteiger partial charge on any atom is 0.120 e. The molecule has 0 aliphatic heterocycles. The Hall–Kier alpha value is -0.740. The normalized spacial score (nSPS) is 12.3. The summed E-state index contributed by atoms with van der Waals surface area (Å²) in [5.74, 6) is 0.715. The Kier molecular flexibility index (Phi) is 4.74. The molecule has 0 bridgehead atoms. The highest BCUT2D eigenvalue weighted by Gasteiger charge is 2.15. The topological polar surface area (TPSA) is 29.5 Å². The van der Waals surface area contributed by atoms with Crippen LogP contribution in [0.1, 0.15) is 17.2 Å². The molecule has 1 unspecified atom stereocenters. The minimum Gasteiger partial charge on any atom is -0.497 e. The largest absolute Gasteiger partial charge is 0.497 e. The van der Waals surface area contributed by atoms with Crippen LogP contribution in [0.4, 0.5) is 0 Å². The highest BCUT2D eigenvalue weighted by molar-refractivity contribution is 9.10. The summed E-state index contributed by atoms with van der Waals surface area (Å²) in [6, 6.07) is 10.4. The fraction of sp³-hybridized carbons (Fsp3) is 0.143. The average molecular weight is 362 g/mol. The van der Waals surface area contributed by atoms with Gasteiger partial charge in [0.1, 0.15) is 11.9 Å². The summed E-state index contributed by atoms with van der Waals surface area (Å²) in [6.07, 6.45) is -0.809. The molecule has 0 spiro atoms. The first kappa shape index (κ1) is 14.7. The van der Waals surface area contributed by atoms with Gasteiger partial charge in [0.2, 0.25) is 0 Å². The van der Waals surface area contributed by atoms with E-state index in [0.717, 1.165) is 10.0 Å². The molecule has 0 amide bonds. The fourth-order valence-electron chi connectivity index (χ4n) is 1.77. The average Bonchev–Trinajstić information content (AvgIpc) is 2.36. The second-order valence-electron chi connectivity index (χ2n) is 3.99. The lowest BCUT2D eigenvalue weighted by Gasteiger charge is -2.15. The van der Waals surface area contributed by atoms with Crippen molar-refractivity contribution in [3.8, 4) is 5.75 Å². The molecule has 0 aromatic heterocycles. The predicted octanol–water partition coefficient (Wildman–Crippen LogP) is 4.85. The zero-order valence-electron chi connectivity index (χ0n) is 10.0. The predicted molar refractivity (Wildman–Crippen MR) is 81.2 cm³/mol. The van der Waals surface area contributed by atoms with E-state index in [-0.39, 0.29) is 0 Å². The molecule has 0 aliphatic rings. The van der Waals surface area contributed by atoms with E-state index in [1.165, 1.54) is 0 Å². The Morgan fingerprint density at radius 1 is 1.11 bits per heavy atom. The first-order chi connectivity index (χ1) is 9.01. The van der Waals surface area contributed by atoms with Gasteiger partial charge in [-0.25, -0.2) is 0 Å². The Balaban J connectivity index is 2.40. The zero-order chi connectivity index (χ0) is 14.0. The van der Waals surface area contributed by atoms with E-state index in [4.69, 9.17) is 27.9 Å². The summed E-state index contributed by atoms with van der Waals surface area (Å²) >= 11 is 15.3. The van der Waals surface area contributed by atoms with Gasteiger partial charge in [-0.3, -0.25) is 0 Å². The lowest BCUT2D eigenvalue weighted by molar-refractivity contribution is 0.219. The maximum absolute atomic E-state index is 10.4. The Labute approximate surface area is 130 Å². The van der Waals surface area contributed by atoms with Gasteiger partial charge in [-0.2, -0.15) is 0 Å². The van der Waals surface area contributed by atoms with Gasteiger partial charge in [0, 0.05) is 14.5 Å². The molecule has 2 nitrogen and oxygen atoms in total. The third-order valence-electron chi connectivity index (χ3n) is 2.70. The van der Waals surface area contributed by atoms with E-state index >= 15 is 0 Å². The molecule has 0 fully saturated rings. The lowest BCUT2D eigenvalue weighted by Crippen LogP contribution is -2.01. The summed E-state index contributed by atoms with van der Waals surface area (Å²) in [4.78, 5) is 0. The van der Waals surface area contributed by atoms with Crippen molar-refractivity contribution >= 4 is 39.1 Å². The summed E-state index contributed by atoms with van der Waals surface area (Å²) in [5, 5.41) is 11.4. The van der Waals surface area contributed by atoms with E-state index in [9.17, 15) is 5.11 Å². The number of methoxy groups -OCH3 is 1. The van der Waals surface area contributed by atoms with Gasteiger partial charge < -0.3 is 9.84 Å². The summed E-state index contributed by atoms with van der Waals surface area (Å²) in [6.45, 7) is 0. The van der Waals surface area contributed by atoms with Gasteiger partial charge in [-0.1, -0.05) is 45.2 Å². The molecule has 2 rings (SSSR count). The van der Waals surface area contributed by atoms with E-state index in [0.29, 0.717) is 21.4 Å². The molecule has 0 aliphatic carbocycles. The van der Waals surface area contributed by atoms with E-state index in [1.54, 1.807) is 43.5 Å². The standard InChI is InChI=1S/C14H11BrCl2O2/c1-19-11-2-3-12(13(15)7-11)14(18)8-4-9(16)6-10(17)5-8/h2-7,14,18H,1H3. The van der Waals surface area contributed by atoms with Gasteiger partial charge in [0.15, 0.2) is 0 Å². The van der Waals surface area contributed by atoms with Crippen molar-refractivity contribution in [2.75, 3.05) is 7.11 Å². The van der Waals surface area contributed by atoms with Crippen LogP contribution in [0.3, 0.4) is 0 Å². The van der Waals surface area contributed by atoms with Crippen LogP contribution in [0, 0.1) is 0 Å². The van der Waals surface area contributed by atoms with Gasteiger partial charge >= 0.3 is 0 Å². The molecule has 1 N–H and O–H groups in total. The van der Waals surface area contributed by atoms with Crippen molar-refractivity contribution in [3.63, 3.8) is 0 Å². The van der Waals surface area contributed by atoms with Crippen LogP contribution in [-0.4, -0.2) is 12.2 Å². The molecule has 5 heteroatoms. The van der Waals surface area contributed by atoms with Crippen LogP contribution in [0.2, 0.25) is 10.0 Å². The first-order valence-electron chi connectivity index (χ1n) is 5.48. The van der Waals surface area contributed by atoms with Crippen molar-refractivity contribution in [2.45, 2.75) is 6.10 Å².